The minimum atomic E-state index is -0.763. The number of rotatable bonds is 7. The van der Waals surface area contributed by atoms with Crippen molar-refractivity contribution in [3.8, 4) is 0 Å². The van der Waals surface area contributed by atoms with Crippen molar-refractivity contribution in [2.24, 2.45) is 5.92 Å². The normalized spacial score (nSPS) is 32.8. The van der Waals surface area contributed by atoms with Crippen molar-refractivity contribution < 1.29 is 19.7 Å². The summed E-state index contributed by atoms with van der Waals surface area (Å²) < 4.78 is 12.2. The number of aliphatic hydroxyl groups is 2. The van der Waals surface area contributed by atoms with Gasteiger partial charge >= 0.3 is 0 Å². The highest BCUT2D eigenvalue weighted by Crippen LogP contribution is 2.38. The van der Waals surface area contributed by atoms with Crippen LogP contribution in [0.5, 0.6) is 0 Å². The van der Waals surface area contributed by atoms with Crippen molar-refractivity contribution >= 4 is 0 Å². The molecule has 0 spiro atoms. The summed E-state index contributed by atoms with van der Waals surface area (Å²) in [5.41, 5.74) is 2.14. The molecular weight excluding hydrogens is 330 g/mol. The van der Waals surface area contributed by atoms with Crippen LogP contribution in [0.1, 0.15) is 11.1 Å². The Morgan fingerprint density at radius 3 is 1.85 bits per heavy atom. The Bertz CT molecular complexity index is 696. The first-order chi connectivity index (χ1) is 12.8. The predicted octanol–water partition coefficient (Wildman–Crippen LogP) is 1.48. The van der Waals surface area contributed by atoms with Crippen molar-refractivity contribution in [3.63, 3.8) is 0 Å². The van der Waals surface area contributed by atoms with E-state index in [1.54, 1.807) is 0 Å². The van der Waals surface area contributed by atoms with Gasteiger partial charge in [-0.15, -0.1) is 0 Å². The van der Waals surface area contributed by atoms with Gasteiger partial charge < -0.3 is 25.0 Å². The van der Waals surface area contributed by atoms with Crippen molar-refractivity contribution in [1.82, 2.24) is 5.32 Å². The Morgan fingerprint density at radius 2 is 1.31 bits per heavy atom. The van der Waals surface area contributed by atoms with E-state index in [0.717, 1.165) is 11.1 Å². The molecule has 0 radical (unpaired) electrons. The molecule has 5 nitrogen and oxygen atoms in total. The molecular formula is C21H25NO4. The third kappa shape index (κ3) is 3.68. The van der Waals surface area contributed by atoms with E-state index in [0.29, 0.717) is 13.2 Å². The zero-order valence-corrected chi connectivity index (χ0v) is 14.6. The molecule has 3 N–H and O–H groups in total. The van der Waals surface area contributed by atoms with Crippen LogP contribution in [0.25, 0.3) is 0 Å². The lowest BCUT2D eigenvalue weighted by atomic mass is 9.83. The fourth-order valence-electron chi connectivity index (χ4n) is 3.86. The first-order valence-electron chi connectivity index (χ1n) is 9.14. The molecule has 0 unspecified atom stereocenters. The topological polar surface area (TPSA) is 80.9 Å². The molecule has 1 aliphatic carbocycles. The van der Waals surface area contributed by atoms with Crippen LogP contribution in [0.3, 0.4) is 0 Å². The molecule has 138 valence electrons. The molecule has 2 aromatic rings. The average molecular weight is 355 g/mol. The molecule has 2 aliphatic rings. The summed E-state index contributed by atoms with van der Waals surface area (Å²) in [5, 5.41) is 23.8. The molecule has 0 bridgehead atoms. The molecule has 1 saturated carbocycles. The van der Waals surface area contributed by atoms with Gasteiger partial charge in [0.1, 0.15) is 12.2 Å². The maximum Gasteiger partial charge on any atom is 0.112 e. The van der Waals surface area contributed by atoms with Crippen molar-refractivity contribution in [2.75, 3.05) is 6.61 Å². The lowest BCUT2D eigenvalue weighted by molar-refractivity contribution is -0.161. The Labute approximate surface area is 153 Å². The Kier molecular flexibility index (Phi) is 5.33. The van der Waals surface area contributed by atoms with Gasteiger partial charge in [0.05, 0.1) is 32.0 Å². The second-order valence-corrected chi connectivity index (χ2v) is 7.08. The van der Waals surface area contributed by atoms with Crippen LogP contribution < -0.4 is 5.32 Å². The van der Waals surface area contributed by atoms with Gasteiger partial charge in [0.15, 0.2) is 0 Å². The van der Waals surface area contributed by atoms with Gasteiger partial charge in [-0.2, -0.15) is 0 Å². The molecule has 2 fully saturated rings. The number of aliphatic hydroxyl groups excluding tert-OH is 2. The monoisotopic (exact) mass is 355 g/mol. The minimum Gasteiger partial charge on any atom is -0.396 e. The van der Waals surface area contributed by atoms with E-state index in [2.05, 4.69) is 5.32 Å². The average Bonchev–Trinajstić information content (AvgIpc) is 3.47. The van der Waals surface area contributed by atoms with Crippen molar-refractivity contribution in [1.29, 1.82) is 0 Å². The summed E-state index contributed by atoms with van der Waals surface area (Å²) in [7, 11) is 0. The molecule has 26 heavy (non-hydrogen) atoms. The largest absolute Gasteiger partial charge is 0.396 e. The summed E-state index contributed by atoms with van der Waals surface area (Å²) >= 11 is 0. The number of ether oxygens (including phenoxy) is 2. The molecule has 1 aliphatic heterocycles. The summed E-state index contributed by atoms with van der Waals surface area (Å²) in [6.45, 7) is 0.813. The molecule has 5 heteroatoms. The number of hydrogen-bond donors (Lipinski definition) is 3. The van der Waals surface area contributed by atoms with Gasteiger partial charge in [-0.25, -0.2) is 0 Å². The van der Waals surface area contributed by atoms with E-state index in [4.69, 9.17) is 9.47 Å². The Hall–Kier alpha value is -1.76. The maximum atomic E-state index is 10.8. The molecule has 0 aromatic heterocycles. The highest BCUT2D eigenvalue weighted by molar-refractivity contribution is 5.18. The molecule has 4 rings (SSSR count). The SMILES string of the molecule is OC[C@@H]1[C@H](O)[C@H](OCc2ccccc2)[C@@H](OCc2ccccc2)[C@@H]2N[C@H]12. The third-order valence-corrected chi connectivity index (χ3v) is 5.36. The zero-order chi connectivity index (χ0) is 17.9. The molecule has 0 amide bonds. The highest BCUT2D eigenvalue weighted by atomic mass is 16.6. The molecule has 2 aromatic carbocycles. The van der Waals surface area contributed by atoms with Crippen LogP contribution >= 0.6 is 0 Å². The first kappa shape index (κ1) is 17.6. The third-order valence-electron chi connectivity index (χ3n) is 5.36. The van der Waals surface area contributed by atoms with Gasteiger partial charge in [-0.1, -0.05) is 60.7 Å². The van der Waals surface area contributed by atoms with Crippen LogP contribution in [0.2, 0.25) is 0 Å². The van der Waals surface area contributed by atoms with E-state index in [1.165, 1.54) is 0 Å². The maximum absolute atomic E-state index is 10.8. The van der Waals surface area contributed by atoms with Crippen LogP contribution in [-0.4, -0.2) is 47.2 Å². The van der Waals surface area contributed by atoms with Crippen molar-refractivity contribution in [3.05, 3.63) is 71.8 Å². The lowest BCUT2D eigenvalue weighted by Gasteiger charge is -2.38. The van der Waals surface area contributed by atoms with E-state index in [-0.39, 0.29) is 30.7 Å². The second kappa shape index (κ2) is 7.86. The zero-order valence-electron chi connectivity index (χ0n) is 14.6. The quantitative estimate of drug-likeness (QED) is 0.656. The van der Waals surface area contributed by atoms with Gasteiger partial charge in [0.25, 0.3) is 0 Å². The van der Waals surface area contributed by atoms with Crippen LogP contribution in [-0.2, 0) is 22.7 Å². The smallest absolute Gasteiger partial charge is 0.112 e. The Balaban J connectivity index is 1.46. The van der Waals surface area contributed by atoms with Gasteiger partial charge in [0, 0.05) is 12.0 Å². The predicted molar refractivity (Wildman–Crippen MR) is 97.3 cm³/mol. The fourth-order valence-corrected chi connectivity index (χ4v) is 3.86. The summed E-state index contributed by atoms with van der Waals surface area (Å²) in [5.74, 6) is -0.225. The summed E-state index contributed by atoms with van der Waals surface area (Å²) in [6, 6.07) is 20.1. The number of fused-ring (bicyclic) bond motifs is 1. The van der Waals surface area contributed by atoms with Gasteiger partial charge in [-0.05, 0) is 11.1 Å². The lowest BCUT2D eigenvalue weighted by Crippen LogP contribution is -2.54. The number of benzene rings is 2. The fraction of sp³-hybridized carbons (Fsp3) is 0.429. The van der Waals surface area contributed by atoms with Crippen LogP contribution in [0.4, 0.5) is 0 Å². The standard InChI is InChI=1S/C21H25NO4/c23-11-16-17-18(22-17)20(25-12-14-7-3-1-4-8-14)21(19(16)24)26-13-15-9-5-2-6-10-15/h1-10,16-24H,11-13H2/t16-,17+,18+,19-,20-,21-/m0/s1. The molecule has 1 saturated heterocycles. The Morgan fingerprint density at radius 1 is 0.769 bits per heavy atom. The van der Waals surface area contributed by atoms with Crippen LogP contribution in [0.15, 0.2) is 60.7 Å². The summed E-state index contributed by atoms with van der Waals surface area (Å²) in [6.07, 6.45) is -1.49. The molecule has 1 heterocycles. The number of nitrogens with one attached hydrogen (secondary N) is 1. The summed E-state index contributed by atoms with van der Waals surface area (Å²) in [4.78, 5) is 0. The van der Waals surface area contributed by atoms with Crippen LogP contribution in [0, 0.1) is 5.92 Å². The van der Waals surface area contributed by atoms with E-state index >= 15 is 0 Å². The van der Waals surface area contributed by atoms with E-state index in [9.17, 15) is 10.2 Å². The van der Waals surface area contributed by atoms with Gasteiger partial charge in [-0.3, -0.25) is 0 Å². The van der Waals surface area contributed by atoms with Crippen molar-refractivity contribution in [2.45, 2.75) is 43.6 Å². The molecule has 6 atom stereocenters. The van der Waals surface area contributed by atoms with Gasteiger partial charge in [0.2, 0.25) is 0 Å². The van der Waals surface area contributed by atoms with E-state index < -0.39 is 12.2 Å². The van der Waals surface area contributed by atoms with E-state index in [1.807, 2.05) is 60.7 Å². The second-order valence-electron chi connectivity index (χ2n) is 7.08. The number of hydrogen-bond acceptors (Lipinski definition) is 5. The first-order valence-corrected chi connectivity index (χ1v) is 9.14. The highest BCUT2D eigenvalue weighted by Gasteiger charge is 2.59. The minimum absolute atomic E-state index is 0.0636.